The van der Waals surface area contributed by atoms with E-state index in [1.54, 1.807) is 0 Å². The Morgan fingerprint density at radius 3 is 2.33 bits per heavy atom. The number of hydrogen-bond acceptors (Lipinski definition) is 2. The molecule has 160 valence electrons. The number of hydrogen-bond donors (Lipinski definition) is 2. The summed E-state index contributed by atoms with van der Waals surface area (Å²) in [6.45, 7) is 0. The fourth-order valence-electron chi connectivity index (χ4n) is 3.58. The lowest BCUT2D eigenvalue weighted by Crippen LogP contribution is -2.45. The predicted octanol–water partition coefficient (Wildman–Crippen LogP) is 4.76. The third kappa shape index (κ3) is 5.37. The predicted molar refractivity (Wildman–Crippen MR) is 103 cm³/mol. The number of benzene rings is 2. The molecule has 2 aromatic rings. The SMILES string of the molecule is O=C(NC(C(=O)NC1CCCCC1)c1ccccc1F)c1cccc(C(F)(F)F)c1. The number of nitrogens with one attached hydrogen (secondary N) is 2. The molecule has 0 bridgehead atoms. The van der Waals surface area contributed by atoms with Gasteiger partial charge in [0.1, 0.15) is 11.9 Å². The van der Waals surface area contributed by atoms with E-state index in [1.165, 1.54) is 24.3 Å². The van der Waals surface area contributed by atoms with Crippen LogP contribution in [0.15, 0.2) is 48.5 Å². The summed E-state index contributed by atoms with van der Waals surface area (Å²) in [4.78, 5) is 25.5. The summed E-state index contributed by atoms with van der Waals surface area (Å²) >= 11 is 0. The molecule has 1 atom stereocenters. The molecule has 1 fully saturated rings. The molecule has 0 saturated heterocycles. The van der Waals surface area contributed by atoms with Crippen LogP contribution in [-0.2, 0) is 11.0 Å². The lowest BCUT2D eigenvalue weighted by molar-refractivity contribution is -0.137. The van der Waals surface area contributed by atoms with E-state index in [1.807, 2.05) is 0 Å². The molecule has 0 radical (unpaired) electrons. The van der Waals surface area contributed by atoms with Crippen LogP contribution in [0, 0.1) is 5.82 Å². The Balaban J connectivity index is 1.84. The van der Waals surface area contributed by atoms with Crippen molar-refractivity contribution in [3.8, 4) is 0 Å². The van der Waals surface area contributed by atoms with E-state index in [4.69, 9.17) is 0 Å². The number of carbonyl (C=O) groups excluding carboxylic acids is 2. The van der Waals surface area contributed by atoms with Crippen LogP contribution in [0.5, 0.6) is 0 Å². The Morgan fingerprint density at radius 2 is 1.67 bits per heavy atom. The van der Waals surface area contributed by atoms with Gasteiger partial charge in [-0.05, 0) is 37.1 Å². The van der Waals surface area contributed by atoms with Gasteiger partial charge in [-0.15, -0.1) is 0 Å². The van der Waals surface area contributed by atoms with E-state index < -0.39 is 35.4 Å². The number of alkyl halides is 3. The van der Waals surface area contributed by atoms with Gasteiger partial charge in [-0.25, -0.2) is 4.39 Å². The van der Waals surface area contributed by atoms with E-state index in [2.05, 4.69) is 10.6 Å². The third-order valence-electron chi connectivity index (χ3n) is 5.16. The summed E-state index contributed by atoms with van der Waals surface area (Å²) in [5, 5.41) is 5.24. The van der Waals surface area contributed by atoms with E-state index >= 15 is 0 Å². The van der Waals surface area contributed by atoms with Crippen LogP contribution in [0.4, 0.5) is 17.6 Å². The minimum Gasteiger partial charge on any atom is -0.351 e. The van der Waals surface area contributed by atoms with Crippen molar-refractivity contribution in [3.05, 3.63) is 71.0 Å². The first-order chi connectivity index (χ1) is 14.3. The van der Waals surface area contributed by atoms with Crippen LogP contribution in [0.25, 0.3) is 0 Å². The van der Waals surface area contributed by atoms with Crippen LogP contribution >= 0.6 is 0 Å². The third-order valence-corrected chi connectivity index (χ3v) is 5.16. The molecule has 3 rings (SSSR count). The van der Waals surface area contributed by atoms with E-state index in [-0.39, 0.29) is 17.2 Å². The number of rotatable bonds is 5. The van der Waals surface area contributed by atoms with Gasteiger partial charge >= 0.3 is 6.18 Å². The fraction of sp³-hybridized carbons (Fsp3) is 0.364. The molecule has 1 aliphatic rings. The van der Waals surface area contributed by atoms with Crippen molar-refractivity contribution in [2.75, 3.05) is 0 Å². The second-order valence-electron chi connectivity index (χ2n) is 7.35. The van der Waals surface area contributed by atoms with Crippen LogP contribution in [-0.4, -0.2) is 17.9 Å². The maximum Gasteiger partial charge on any atom is 0.416 e. The smallest absolute Gasteiger partial charge is 0.351 e. The van der Waals surface area contributed by atoms with Gasteiger partial charge in [-0.1, -0.05) is 43.5 Å². The van der Waals surface area contributed by atoms with Gasteiger partial charge in [-0.3, -0.25) is 9.59 Å². The molecule has 1 aliphatic carbocycles. The minimum absolute atomic E-state index is 0.0499. The highest BCUT2D eigenvalue weighted by atomic mass is 19.4. The minimum atomic E-state index is -4.61. The summed E-state index contributed by atoms with van der Waals surface area (Å²) in [6, 6.07) is 7.92. The average molecular weight is 422 g/mol. The van der Waals surface area contributed by atoms with Gasteiger partial charge in [0.15, 0.2) is 0 Å². The largest absolute Gasteiger partial charge is 0.416 e. The molecule has 30 heavy (non-hydrogen) atoms. The van der Waals surface area contributed by atoms with Crippen molar-refractivity contribution >= 4 is 11.8 Å². The Kier molecular flexibility index (Phi) is 6.74. The molecular formula is C22H22F4N2O2. The monoisotopic (exact) mass is 422 g/mol. The molecule has 8 heteroatoms. The van der Waals surface area contributed by atoms with Gasteiger partial charge in [0.2, 0.25) is 5.91 Å². The fourth-order valence-corrected chi connectivity index (χ4v) is 3.58. The Morgan fingerprint density at radius 1 is 0.967 bits per heavy atom. The summed E-state index contributed by atoms with van der Waals surface area (Å²) < 4.78 is 53.2. The van der Waals surface area contributed by atoms with Crippen LogP contribution < -0.4 is 10.6 Å². The lowest BCUT2D eigenvalue weighted by Gasteiger charge is -2.26. The molecule has 2 aromatic carbocycles. The molecular weight excluding hydrogens is 400 g/mol. The number of halogens is 4. The Labute approximate surface area is 171 Å². The maximum atomic E-state index is 14.4. The van der Waals surface area contributed by atoms with Crippen molar-refractivity contribution < 1.29 is 27.2 Å². The molecule has 0 spiro atoms. The van der Waals surface area contributed by atoms with E-state index in [0.29, 0.717) is 6.07 Å². The first kappa shape index (κ1) is 21.8. The molecule has 1 saturated carbocycles. The topological polar surface area (TPSA) is 58.2 Å². The van der Waals surface area contributed by atoms with Gasteiger partial charge < -0.3 is 10.6 Å². The highest BCUT2D eigenvalue weighted by Gasteiger charge is 2.32. The van der Waals surface area contributed by atoms with Crippen LogP contribution in [0.1, 0.15) is 59.6 Å². The summed E-state index contributed by atoms with van der Waals surface area (Å²) in [6.07, 6.45) is -0.0264. The first-order valence-electron chi connectivity index (χ1n) is 9.78. The van der Waals surface area contributed by atoms with Crippen molar-refractivity contribution in [1.29, 1.82) is 0 Å². The number of carbonyl (C=O) groups is 2. The van der Waals surface area contributed by atoms with Crippen LogP contribution in [0.2, 0.25) is 0 Å². The summed E-state index contributed by atoms with van der Waals surface area (Å²) in [5.74, 6) is -2.17. The second kappa shape index (κ2) is 9.28. The standard InChI is InChI=1S/C22H22F4N2O2/c23-18-12-5-4-11-17(18)19(21(30)27-16-9-2-1-3-10-16)28-20(29)14-7-6-8-15(13-14)22(24,25)26/h4-8,11-13,16,19H,1-3,9-10H2,(H,27,30)(H,28,29). The molecule has 2 N–H and O–H groups in total. The first-order valence-corrected chi connectivity index (χ1v) is 9.78. The summed E-state index contributed by atoms with van der Waals surface area (Å²) in [5.41, 5.74) is -1.30. The maximum absolute atomic E-state index is 14.4. The molecule has 4 nitrogen and oxygen atoms in total. The van der Waals surface area contributed by atoms with Gasteiger partial charge in [0.25, 0.3) is 5.91 Å². The van der Waals surface area contributed by atoms with E-state index in [0.717, 1.165) is 50.3 Å². The zero-order chi connectivity index (χ0) is 21.7. The highest BCUT2D eigenvalue weighted by molar-refractivity contribution is 5.98. The van der Waals surface area contributed by atoms with Gasteiger partial charge in [-0.2, -0.15) is 13.2 Å². The normalized spacial score (nSPS) is 16.0. The zero-order valence-electron chi connectivity index (χ0n) is 16.1. The Hall–Kier alpha value is -2.90. The molecule has 0 aliphatic heterocycles. The quantitative estimate of drug-likeness (QED) is 0.683. The lowest BCUT2D eigenvalue weighted by atomic mass is 9.95. The average Bonchev–Trinajstić information content (AvgIpc) is 2.72. The van der Waals surface area contributed by atoms with Gasteiger partial charge in [0, 0.05) is 17.2 Å². The summed E-state index contributed by atoms with van der Waals surface area (Å²) in [7, 11) is 0. The number of amides is 2. The molecule has 1 unspecified atom stereocenters. The van der Waals surface area contributed by atoms with Crippen LogP contribution in [0.3, 0.4) is 0 Å². The van der Waals surface area contributed by atoms with Crippen molar-refractivity contribution in [2.45, 2.75) is 50.4 Å². The van der Waals surface area contributed by atoms with Gasteiger partial charge in [0.05, 0.1) is 5.56 Å². The zero-order valence-corrected chi connectivity index (χ0v) is 16.1. The Bertz CT molecular complexity index is 908. The van der Waals surface area contributed by atoms with E-state index in [9.17, 15) is 27.2 Å². The van der Waals surface area contributed by atoms with Crippen molar-refractivity contribution in [3.63, 3.8) is 0 Å². The molecule has 0 heterocycles. The molecule has 2 amide bonds. The molecule has 0 aromatic heterocycles. The van der Waals surface area contributed by atoms with Crippen molar-refractivity contribution in [2.24, 2.45) is 0 Å². The second-order valence-corrected chi connectivity index (χ2v) is 7.35. The van der Waals surface area contributed by atoms with Crippen molar-refractivity contribution in [1.82, 2.24) is 10.6 Å². The highest BCUT2D eigenvalue weighted by Crippen LogP contribution is 2.30.